The Morgan fingerprint density at radius 3 is 2.64 bits per heavy atom. The molecule has 0 spiro atoms. The molecule has 6 heteroatoms. The van der Waals surface area contributed by atoms with Gasteiger partial charge in [-0.15, -0.1) is 11.3 Å². The maximum Gasteiger partial charge on any atom is 0.351 e. The van der Waals surface area contributed by atoms with Crippen molar-refractivity contribution >= 4 is 49.2 Å². The molecule has 3 nitrogen and oxygen atoms in total. The molecule has 0 bridgehead atoms. The fourth-order valence-electron chi connectivity index (χ4n) is 0.870. The quantitative estimate of drug-likeness (QED) is 0.788. The molecular formula is C8H8Br2O3S. The molecule has 0 aromatic carbocycles. The third-order valence-electron chi connectivity index (χ3n) is 1.43. The summed E-state index contributed by atoms with van der Waals surface area (Å²) in [7, 11) is 1.35. The molecule has 0 atom stereocenters. The van der Waals surface area contributed by atoms with E-state index in [2.05, 4.69) is 36.6 Å². The van der Waals surface area contributed by atoms with Crippen LogP contribution in [0.15, 0.2) is 8.26 Å². The highest BCUT2D eigenvalue weighted by atomic mass is 79.9. The fourth-order valence-corrected chi connectivity index (χ4v) is 3.00. The minimum Gasteiger partial charge on any atom is -0.491 e. The maximum absolute atomic E-state index is 11.3. The predicted octanol–water partition coefficient (Wildman–Crippen LogP) is 3.46. The average molecular weight is 344 g/mol. The normalized spacial score (nSPS) is 10.0. The lowest BCUT2D eigenvalue weighted by atomic mass is 10.4. The van der Waals surface area contributed by atoms with Crippen LogP contribution in [0.3, 0.4) is 0 Å². The molecule has 1 aromatic heterocycles. The van der Waals surface area contributed by atoms with Gasteiger partial charge in [-0.25, -0.2) is 4.79 Å². The summed E-state index contributed by atoms with van der Waals surface area (Å²) >= 11 is 7.93. The summed E-state index contributed by atoms with van der Waals surface area (Å²) in [5.74, 6) is 0.154. The zero-order valence-corrected chi connectivity index (χ0v) is 11.6. The first-order chi connectivity index (χ1) is 6.61. The van der Waals surface area contributed by atoms with Gasteiger partial charge in [0.25, 0.3) is 0 Å². The minimum atomic E-state index is -0.384. The van der Waals surface area contributed by atoms with Crippen molar-refractivity contribution < 1.29 is 14.3 Å². The first-order valence-corrected chi connectivity index (χ1v) is 6.21. The molecule has 0 saturated carbocycles. The Balaban J connectivity index is 3.14. The van der Waals surface area contributed by atoms with Gasteiger partial charge in [-0.2, -0.15) is 0 Å². The van der Waals surface area contributed by atoms with E-state index in [1.54, 1.807) is 0 Å². The van der Waals surface area contributed by atoms with Crippen LogP contribution >= 0.6 is 43.2 Å². The van der Waals surface area contributed by atoms with Crippen LogP contribution in [-0.2, 0) is 4.74 Å². The molecule has 1 heterocycles. The van der Waals surface area contributed by atoms with Gasteiger partial charge in [0, 0.05) is 0 Å². The first kappa shape index (κ1) is 12.0. The molecule has 0 aliphatic rings. The number of hydrogen-bond acceptors (Lipinski definition) is 4. The Labute approximate surface area is 103 Å². The van der Waals surface area contributed by atoms with Crippen LogP contribution in [0.2, 0.25) is 0 Å². The molecule has 0 aliphatic heterocycles. The van der Waals surface area contributed by atoms with E-state index >= 15 is 0 Å². The van der Waals surface area contributed by atoms with E-state index in [1.807, 2.05) is 6.92 Å². The van der Waals surface area contributed by atoms with E-state index in [0.29, 0.717) is 17.2 Å². The Morgan fingerprint density at radius 2 is 2.14 bits per heavy atom. The van der Waals surface area contributed by atoms with Crippen molar-refractivity contribution in [2.75, 3.05) is 13.7 Å². The first-order valence-electron chi connectivity index (χ1n) is 3.80. The lowest BCUT2D eigenvalue weighted by Gasteiger charge is -2.03. The van der Waals surface area contributed by atoms with Gasteiger partial charge < -0.3 is 9.47 Å². The smallest absolute Gasteiger partial charge is 0.351 e. The van der Waals surface area contributed by atoms with Crippen LogP contribution in [0.25, 0.3) is 0 Å². The summed E-state index contributed by atoms with van der Waals surface area (Å²) in [6.45, 7) is 2.37. The molecule has 0 saturated heterocycles. The summed E-state index contributed by atoms with van der Waals surface area (Å²) in [6, 6.07) is 0. The number of carbonyl (C=O) groups excluding carboxylic acids is 1. The van der Waals surface area contributed by atoms with Crippen LogP contribution in [0, 0.1) is 0 Å². The van der Waals surface area contributed by atoms with Crippen molar-refractivity contribution in [3.05, 3.63) is 13.1 Å². The number of thiophene rings is 1. The monoisotopic (exact) mass is 342 g/mol. The van der Waals surface area contributed by atoms with E-state index in [4.69, 9.17) is 4.74 Å². The topological polar surface area (TPSA) is 35.5 Å². The van der Waals surface area contributed by atoms with E-state index in [0.717, 1.165) is 8.26 Å². The van der Waals surface area contributed by atoms with Crippen molar-refractivity contribution in [1.29, 1.82) is 0 Å². The van der Waals surface area contributed by atoms with Crippen molar-refractivity contribution in [2.24, 2.45) is 0 Å². The lowest BCUT2D eigenvalue weighted by Crippen LogP contribution is -2.02. The average Bonchev–Trinajstić information content (AvgIpc) is 2.45. The fraction of sp³-hybridized carbons (Fsp3) is 0.375. The van der Waals surface area contributed by atoms with E-state index in [1.165, 1.54) is 18.4 Å². The molecule has 78 valence electrons. The predicted molar refractivity (Wildman–Crippen MR) is 62.2 cm³/mol. The Bertz CT molecular complexity index is 349. The number of halogens is 2. The van der Waals surface area contributed by atoms with Gasteiger partial charge in [0.2, 0.25) is 0 Å². The van der Waals surface area contributed by atoms with Crippen LogP contribution < -0.4 is 4.74 Å². The molecule has 1 aromatic rings. The van der Waals surface area contributed by atoms with Gasteiger partial charge in [0.15, 0.2) is 10.6 Å². The highest BCUT2D eigenvalue weighted by Crippen LogP contribution is 2.43. The van der Waals surface area contributed by atoms with E-state index in [9.17, 15) is 4.79 Å². The summed E-state index contributed by atoms with van der Waals surface area (Å²) in [6.07, 6.45) is 0. The molecule has 14 heavy (non-hydrogen) atoms. The second-order valence-electron chi connectivity index (χ2n) is 2.27. The standard InChI is InChI=1S/C8H8Br2O3S/c1-3-13-5-4(9)7(10)14-6(5)8(11)12-2/h3H2,1-2H3. The molecular weight excluding hydrogens is 336 g/mol. The highest BCUT2D eigenvalue weighted by Gasteiger charge is 2.22. The molecule has 0 fully saturated rings. The third-order valence-corrected chi connectivity index (χ3v) is 4.80. The summed E-state index contributed by atoms with van der Waals surface area (Å²) < 4.78 is 11.6. The zero-order chi connectivity index (χ0) is 10.7. The summed E-state index contributed by atoms with van der Waals surface area (Å²) in [5.41, 5.74) is 0. The number of carbonyl (C=O) groups is 1. The second-order valence-corrected chi connectivity index (χ2v) is 5.40. The Kier molecular flexibility index (Phi) is 4.40. The molecule has 0 radical (unpaired) electrons. The third kappa shape index (κ3) is 2.29. The zero-order valence-electron chi connectivity index (χ0n) is 7.60. The van der Waals surface area contributed by atoms with Gasteiger partial charge in [-0.1, -0.05) is 0 Å². The van der Waals surface area contributed by atoms with Crippen molar-refractivity contribution in [2.45, 2.75) is 6.92 Å². The van der Waals surface area contributed by atoms with Crippen molar-refractivity contribution in [3.8, 4) is 5.75 Å². The largest absolute Gasteiger partial charge is 0.491 e. The van der Waals surface area contributed by atoms with Gasteiger partial charge in [-0.05, 0) is 38.8 Å². The van der Waals surface area contributed by atoms with E-state index < -0.39 is 0 Å². The Hall–Kier alpha value is -0.0700. The summed E-state index contributed by atoms with van der Waals surface area (Å²) in [5, 5.41) is 0. The minimum absolute atomic E-state index is 0.384. The number of rotatable bonds is 3. The van der Waals surface area contributed by atoms with Gasteiger partial charge in [0.05, 0.1) is 22.0 Å². The van der Waals surface area contributed by atoms with Crippen molar-refractivity contribution in [1.82, 2.24) is 0 Å². The maximum atomic E-state index is 11.3. The van der Waals surface area contributed by atoms with Gasteiger partial charge in [0.1, 0.15) is 0 Å². The molecule has 1 rings (SSSR count). The SMILES string of the molecule is CCOc1c(C(=O)OC)sc(Br)c1Br. The van der Waals surface area contributed by atoms with E-state index in [-0.39, 0.29) is 5.97 Å². The van der Waals surface area contributed by atoms with Crippen LogP contribution in [-0.4, -0.2) is 19.7 Å². The number of hydrogen-bond donors (Lipinski definition) is 0. The second kappa shape index (κ2) is 5.14. The number of esters is 1. The van der Waals surface area contributed by atoms with Crippen LogP contribution in [0.5, 0.6) is 5.75 Å². The molecule has 0 unspecified atom stereocenters. The van der Waals surface area contributed by atoms with Crippen molar-refractivity contribution in [3.63, 3.8) is 0 Å². The van der Waals surface area contributed by atoms with Crippen LogP contribution in [0.1, 0.15) is 16.6 Å². The number of ether oxygens (including phenoxy) is 2. The number of methoxy groups -OCH3 is 1. The molecule has 0 aliphatic carbocycles. The van der Waals surface area contributed by atoms with Gasteiger partial charge >= 0.3 is 5.97 Å². The molecule has 0 amide bonds. The lowest BCUT2D eigenvalue weighted by molar-refractivity contribution is 0.0602. The van der Waals surface area contributed by atoms with Gasteiger partial charge in [-0.3, -0.25) is 0 Å². The highest BCUT2D eigenvalue weighted by molar-refractivity contribution is 9.13. The molecule has 0 N–H and O–H groups in total. The Morgan fingerprint density at radius 1 is 1.50 bits per heavy atom. The van der Waals surface area contributed by atoms with Crippen LogP contribution in [0.4, 0.5) is 0 Å². The summed E-state index contributed by atoms with van der Waals surface area (Å²) in [4.78, 5) is 11.8.